The van der Waals surface area contributed by atoms with E-state index >= 15 is 0 Å². The van der Waals surface area contributed by atoms with Crippen LogP contribution in [0.15, 0.2) is 16.7 Å². The van der Waals surface area contributed by atoms with Crippen molar-refractivity contribution < 1.29 is 22.7 Å². The molecule has 0 saturated carbocycles. The normalized spacial score (nSPS) is 11.9. The number of esters is 1. The highest BCUT2D eigenvalue weighted by Crippen LogP contribution is 2.35. The van der Waals surface area contributed by atoms with Crippen LogP contribution in [0.25, 0.3) is 5.65 Å². The van der Waals surface area contributed by atoms with Gasteiger partial charge in [-0.15, -0.1) is 0 Å². The van der Waals surface area contributed by atoms with Gasteiger partial charge in [-0.1, -0.05) is 11.6 Å². The summed E-state index contributed by atoms with van der Waals surface area (Å²) >= 11 is 8.86. The third-order valence-electron chi connectivity index (χ3n) is 2.40. The largest absolute Gasteiger partial charge is 0.461 e. The van der Waals surface area contributed by atoms with E-state index in [1.54, 1.807) is 6.92 Å². The molecule has 108 valence electrons. The van der Waals surface area contributed by atoms with E-state index in [9.17, 15) is 18.0 Å². The first-order chi connectivity index (χ1) is 9.25. The first-order valence-electron chi connectivity index (χ1n) is 5.37. The van der Waals surface area contributed by atoms with Gasteiger partial charge in [0.2, 0.25) is 0 Å². The van der Waals surface area contributed by atoms with Crippen LogP contribution in [0, 0.1) is 0 Å². The standard InChI is InChI=1S/C11H7BrClF3N2O2/c1-2-20-10(19)7-8(13)18-4-5(12)3-6(9(18)17-7)11(14,15)16/h3-4H,2H2,1H3. The number of pyridine rings is 1. The van der Waals surface area contributed by atoms with Gasteiger partial charge in [-0.25, -0.2) is 9.78 Å². The highest BCUT2D eigenvalue weighted by atomic mass is 79.9. The van der Waals surface area contributed by atoms with Crippen LogP contribution >= 0.6 is 27.5 Å². The summed E-state index contributed by atoms with van der Waals surface area (Å²) in [6.07, 6.45) is -3.33. The molecule has 0 fully saturated rings. The lowest BCUT2D eigenvalue weighted by molar-refractivity contribution is -0.136. The Labute approximate surface area is 124 Å². The van der Waals surface area contributed by atoms with Crippen LogP contribution in [0.5, 0.6) is 0 Å². The molecule has 0 amide bonds. The smallest absolute Gasteiger partial charge is 0.420 e. The fourth-order valence-electron chi connectivity index (χ4n) is 1.62. The van der Waals surface area contributed by atoms with E-state index < -0.39 is 23.4 Å². The van der Waals surface area contributed by atoms with E-state index in [0.29, 0.717) is 0 Å². The lowest BCUT2D eigenvalue weighted by Gasteiger charge is -2.08. The first kappa shape index (κ1) is 15.1. The van der Waals surface area contributed by atoms with Crippen LogP contribution in [0.2, 0.25) is 5.15 Å². The summed E-state index contributed by atoms with van der Waals surface area (Å²) in [5.41, 5.74) is -1.80. The summed E-state index contributed by atoms with van der Waals surface area (Å²) in [4.78, 5) is 15.3. The van der Waals surface area contributed by atoms with Crippen molar-refractivity contribution in [2.45, 2.75) is 13.1 Å². The highest BCUT2D eigenvalue weighted by molar-refractivity contribution is 9.10. The quantitative estimate of drug-likeness (QED) is 0.751. The van der Waals surface area contributed by atoms with Crippen LogP contribution in [-0.4, -0.2) is 22.0 Å². The minimum Gasteiger partial charge on any atom is -0.461 e. The van der Waals surface area contributed by atoms with E-state index in [0.717, 1.165) is 10.5 Å². The van der Waals surface area contributed by atoms with Crippen LogP contribution < -0.4 is 0 Å². The number of ether oxygens (including phenoxy) is 1. The number of carbonyl (C=O) groups is 1. The van der Waals surface area contributed by atoms with Crippen LogP contribution in [-0.2, 0) is 10.9 Å². The van der Waals surface area contributed by atoms with Gasteiger partial charge in [-0.2, -0.15) is 13.2 Å². The van der Waals surface area contributed by atoms with Gasteiger partial charge in [0.1, 0.15) is 5.15 Å². The second-order valence-electron chi connectivity index (χ2n) is 3.74. The molecular weight excluding hydrogens is 364 g/mol. The molecule has 2 heterocycles. The first-order valence-corrected chi connectivity index (χ1v) is 6.54. The molecule has 2 aromatic heterocycles. The molecule has 0 bridgehead atoms. The van der Waals surface area contributed by atoms with Gasteiger partial charge >= 0.3 is 12.1 Å². The Balaban J connectivity index is 2.73. The van der Waals surface area contributed by atoms with Crippen molar-refractivity contribution in [2.24, 2.45) is 0 Å². The molecule has 0 aromatic carbocycles. The molecule has 0 aliphatic carbocycles. The van der Waals surface area contributed by atoms with Crippen LogP contribution in [0.3, 0.4) is 0 Å². The maximum absolute atomic E-state index is 13.0. The number of carbonyl (C=O) groups excluding carboxylic acids is 1. The Hall–Kier alpha value is -1.28. The molecule has 2 aromatic rings. The van der Waals surface area contributed by atoms with Gasteiger partial charge in [0.05, 0.1) is 12.2 Å². The Morgan fingerprint density at radius 2 is 2.20 bits per heavy atom. The highest BCUT2D eigenvalue weighted by Gasteiger charge is 2.36. The van der Waals surface area contributed by atoms with Crippen molar-refractivity contribution in [2.75, 3.05) is 6.61 Å². The fraction of sp³-hybridized carbons (Fsp3) is 0.273. The van der Waals surface area contributed by atoms with Crippen molar-refractivity contribution in [1.82, 2.24) is 9.38 Å². The molecule has 0 unspecified atom stereocenters. The Morgan fingerprint density at radius 1 is 1.55 bits per heavy atom. The molecule has 0 spiro atoms. The molecule has 4 nitrogen and oxygen atoms in total. The molecule has 0 atom stereocenters. The lowest BCUT2D eigenvalue weighted by Crippen LogP contribution is -2.08. The maximum atomic E-state index is 13.0. The topological polar surface area (TPSA) is 43.6 Å². The van der Waals surface area contributed by atoms with Gasteiger partial charge in [0.25, 0.3) is 0 Å². The van der Waals surface area contributed by atoms with E-state index in [-0.39, 0.29) is 21.9 Å². The van der Waals surface area contributed by atoms with E-state index in [4.69, 9.17) is 16.3 Å². The number of hydrogen-bond acceptors (Lipinski definition) is 3. The van der Waals surface area contributed by atoms with E-state index in [2.05, 4.69) is 20.9 Å². The van der Waals surface area contributed by atoms with Gasteiger partial charge in [0.15, 0.2) is 11.3 Å². The predicted molar refractivity (Wildman–Crippen MR) is 68.9 cm³/mol. The number of alkyl halides is 3. The maximum Gasteiger partial charge on any atom is 0.420 e. The van der Waals surface area contributed by atoms with E-state index in [1.165, 1.54) is 6.20 Å². The minimum absolute atomic E-state index is 0.0683. The van der Waals surface area contributed by atoms with Crippen molar-refractivity contribution in [3.63, 3.8) is 0 Å². The monoisotopic (exact) mass is 370 g/mol. The van der Waals surface area contributed by atoms with Crippen LogP contribution in [0.4, 0.5) is 13.2 Å². The Kier molecular flexibility index (Phi) is 3.97. The summed E-state index contributed by atoms with van der Waals surface area (Å²) in [7, 11) is 0. The predicted octanol–water partition coefficient (Wildman–Crippen LogP) is 3.95. The number of imidazole rings is 1. The number of hydrogen-bond donors (Lipinski definition) is 0. The fourth-order valence-corrected chi connectivity index (χ4v) is 2.30. The third kappa shape index (κ3) is 2.62. The number of fused-ring (bicyclic) bond motifs is 1. The SMILES string of the molecule is CCOC(=O)c1nc2c(C(F)(F)F)cc(Br)cn2c1Cl. The second-order valence-corrected chi connectivity index (χ2v) is 5.01. The average Bonchev–Trinajstić information content (AvgIpc) is 2.65. The third-order valence-corrected chi connectivity index (χ3v) is 3.20. The zero-order valence-corrected chi connectivity index (χ0v) is 12.3. The Bertz CT molecular complexity index is 684. The molecule has 2 rings (SSSR count). The number of nitrogens with zero attached hydrogens (tertiary/aromatic N) is 2. The molecule has 0 aliphatic rings. The number of rotatable bonds is 2. The van der Waals surface area contributed by atoms with Crippen molar-refractivity contribution in [3.8, 4) is 0 Å². The molecule has 0 aliphatic heterocycles. The van der Waals surface area contributed by atoms with Crippen molar-refractivity contribution in [3.05, 3.63) is 33.1 Å². The van der Waals surface area contributed by atoms with Gasteiger partial charge in [-0.05, 0) is 28.9 Å². The summed E-state index contributed by atoms with van der Waals surface area (Å²) < 4.78 is 44.7. The van der Waals surface area contributed by atoms with Crippen LogP contribution in [0.1, 0.15) is 23.0 Å². The summed E-state index contributed by atoms with van der Waals surface area (Å²) in [6, 6.07) is 0.869. The van der Waals surface area contributed by atoms with Crippen molar-refractivity contribution in [1.29, 1.82) is 0 Å². The lowest BCUT2D eigenvalue weighted by atomic mass is 10.2. The number of halogens is 5. The molecule has 0 N–H and O–H groups in total. The van der Waals surface area contributed by atoms with Crippen molar-refractivity contribution >= 4 is 39.1 Å². The van der Waals surface area contributed by atoms with E-state index in [1.807, 2.05) is 0 Å². The molecule has 20 heavy (non-hydrogen) atoms. The molecule has 0 radical (unpaired) electrons. The minimum atomic E-state index is -4.62. The average molecular weight is 372 g/mol. The summed E-state index contributed by atoms with van der Waals surface area (Å²) in [6.45, 7) is 1.64. The molecular formula is C11H7BrClF3N2O2. The number of aromatic nitrogens is 2. The zero-order chi connectivity index (χ0) is 15.1. The van der Waals surface area contributed by atoms with Gasteiger partial charge in [-0.3, -0.25) is 4.40 Å². The molecule has 9 heteroatoms. The summed E-state index contributed by atoms with van der Waals surface area (Å²) in [5.74, 6) is -0.870. The van der Waals surface area contributed by atoms with Gasteiger partial charge in [0, 0.05) is 10.7 Å². The summed E-state index contributed by atoms with van der Waals surface area (Å²) in [5, 5.41) is -0.231. The second kappa shape index (κ2) is 5.25. The Morgan fingerprint density at radius 3 is 2.75 bits per heavy atom. The van der Waals surface area contributed by atoms with Gasteiger partial charge < -0.3 is 4.74 Å². The molecule has 0 saturated heterocycles. The zero-order valence-electron chi connectivity index (χ0n) is 9.96.